The second-order valence-electron chi connectivity index (χ2n) is 4.22. The van der Waals surface area contributed by atoms with Gasteiger partial charge in [-0.1, -0.05) is 6.92 Å². The van der Waals surface area contributed by atoms with Crippen molar-refractivity contribution in [1.29, 1.82) is 0 Å². The third-order valence-electron chi connectivity index (χ3n) is 3.02. The summed E-state index contributed by atoms with van der Waals surface area (Å²) < 4.78 is 1.57. The van der Waals surface area contributed by atoms with Crippen molar-refractivity contribution in [2.75, 3.05) is 17.4 Å². The van der Waals surface area contributed by atoms with Gasteiger partial charge in [0.25, 0.3) is 5.95 Å². The molecular formula is C11H18N8. The molecule has 1 unspecified atom stereocenters. The van der Waals surface area contributed by atoms with Crippen molar-refractivity contribution in [2.24, 2.45) is 5.84 Å². The van der Waals surface area contributed by atoms with E-state index in [1.54, 1.807) is 23.1 Å². The molecule has 3 N–H and O–H groups in total. The Kier molecular flexibility index (Phi) is 3.91. The molecule has 0 bridgehead atoms. The zero-order chi connectivity index (χ0) is 13.8. The van der Waals surface area contributed by atoms with Gasteiger partial charge in [0.1, 0.15) is 0 Å². The number of hydrogen-bond donors (Lipinski definition) is 2. The highest BCUT2D eigenvalue weighted by atomic mass is 15.4. The number of nitrogen functional groups attached to an aromatic ring is 1. The van der Waals surface area contributed by atoms with E-state index in [0.717, 1.165) is 6.42 Å². The second kappa shape index (κ2) is 5.61. The quantitative estimate of drug-likeness (QED) is 0.600. The van der Waals surface area contributed by atoms with Crippen LogP contribution < -0.4 is 16.2 Å². The van der Waals surface area contributed by atoms with Crippen molar-refractivity contribution < 1.29 is 0 Å². The van der Waals surface area contributed by atoms with Crippen molar-refractivity contribution >= 4 is 11.9 Å². The summed E-state index contributed by atoms with van der Waals surface area (Å²) in [7, 11) is 1.94. The molecule has 1 atom stereocenters. The molecule has 0 spiro atoms. The second-order valence-corrected chi connectivity index (χ2v) is 4.22. The molecule has 0 aliphatic rings. The Morgan fingerprint density at radius 2 is 2.21 bits per heavy atom. The molecule has 0 radical (unpaired) electrons. The number of rotatable bonds is 5. The summed E-state index contributed by atoms with van der Waals surface area (Å²) in [5.41, 5.74) is 2.45. The van der Waals surface area contributed by atoms with Crippen LogP contribution in [0.5, 0.6) is 0 Å². The highest BCUT2D eigenvalue weighted by Gasteiger charge is 2.14. The van der Waals surface area contributed by atoms with Crippen LogP contribution in [0.15, 0.2) is 18.5 Å². The van der Waals surface area contributed by atoms with E-state index in [-0.39, 0.29) is 0 Å². The van der Waals surface area contributed by atoms with E-state index in [1.807, 2.05) is 11.9 Å². The molecule has 0 amide bonds. The van der Waals surface area contributed by atoms with Gasteiger partial charge in [-0.05, 0) is 19.4 Å². The number of hydrogen-bond acceptors (Lipinski definition) is 7. The van der Waals surface area contributed by atoms with Gasteiger partial charge in [0.2, 0.25) is 11.9 Å². The summed E-state index contributed by atoms with van der Waals surface area (Å²) >= 11 is 0. The fraction of sp³-hybridized carbons (Fsp3) is 0.455. The predicted octanol–water partition coefficient (Wildman–Crippen LogP) is 0.578. The molecule has 8 heteroatoms. The van der Waals surface area contributed by atoms with Gasteiger partial charge < -0.3 is 4.90 Å². The summed E-state index contributed by atoms with van der Waals surface area (Å²) in [6.45, 7) is 4.21. The van der Waals surface area contributed by atoms with Gasteiger partial charge in [-0.25, -0.2) is 10.5 Å². The zero-order valence-electron chi connectivity index (χ0n) is 11.3. The number of nitrogens with two attached hydrogens (primary N) is 1. The van der Waals surface area contributed by atoms with Crippen LogP contribution in [-0.4, -0.2) is 37.8 Å². The van der Waals surface area contributed by atoms with Gasteiger partial charge >= 0.3 is 0 Å². The third kappa shape index (κ3) is 2.79. The fourth-order valence-corrected chi connectivity index (χ4v) is 1.54. The molecular weight excluding hydrogens is 244 g/mol. The molecule has 0 aliphatic carbocycles. The van der Waals surface area contributed by atoms with E-state index in [9.17, 15) is 0 Å². The Morgan fingerprint density at radius 1 is 1.42 bits per heavy atom. The minimum Gasteiger partial charge on any atom is -0.341 e. The Bertz CT molecular complexity index is 523. The summed E-state index contributed by atoms with van der Waals surface area (Å²) in [6.07, 6.45) is 4.42. The highest BCUT2D eigenvalue weighted by molar-refractivity contribution is 5.39. The first kappa shape index (κ1) is 13.2. The molecule has 0 saturated carbocycles. The minimum absolute atomic E-state index is 0.311. The van der Waals surface area contributed by atoms with Crippen molar-refractivity contribution in [3.8, 4) is 5.95 Å². The molecule has 0 aliphatic heterocycles. The van der Waals surface area contributed by atoms with Crippen LogP contribution >= 0.6 is 0 Å². The van der Waals surface area contributed by atoms with Crippen LogP contribution in [-0.2, 0) is 0 Å². The van der Waals surface area contributed by atoms with Gasteiger partial charge in [0.05, 0.1) is 0 Å². The fourth-order valence-electron chi connectivity index (χ4n) is 1.54. The number of aromatic nitrogens is 5. The van der Waals surface area contributed by atoms with E-state index in [0.29, 0.717) is 23.9 Å². The first-order chi connectivity index (χ1) is 9.15. The van der Waals surface area contributed by atoms with E-state index >= 15 is 0 Å². The van der Waals surface area contributed by atoms with Gasteiger partial charge in [-0.2, -0.15) is 20.1 Å². The molecule has 2 aromatic rings. The van der Waals surface area contributed by atoms with Crippen LogP contribution in [0, 0.1) is 0 Å². The van der Waals surface area contributed by atoms with Crippen LogP contribution in [0.4, 0.5) is 11.9 Å². The molecule has 19 heavy (non-hydrogen) atoms. The van der Waals surface area contributed by atoms with Crippen molar-refractivity contribution in [3.05, 3.63) is 18.5 Å². The number of nitrogens with zero attached hydrogens (tertiary/aromatic N) is 6. The lowest BCUT2D eigenvalue weighted by Crippen LogP contribution is -2.30. The minimum atomic E-state index is 0.311. The SMILES string of the molecule is CCC(C)N(C)c1nc(NN)nc(-n2cccn2)n1. The molecule has 0 saturated heterocycles. The standard InChI is InChI=1S/C11H18N8/c1-4-8(2)18(3)10-14-9(17-12)15-11(16-10)19-7-5-6-13-19/h5-8H,4,12H2,1-3H3,(H,14,15,16,17). The van der Waals surface area contributed by atoms with Crippen molar-refractivity contribution in [3.63, 3.8) is 0 Å². The topological polar surface area (TPSA) is 97.8 Å². The van der Waals surface area contributed by atoms with Gasteiger partial charge in [0, 0.05) is 25.5 Å². The van der Waals surface area contributed by atoms with Crippen LogP contribution in [0.3, 0.4) is 0 Å². The van der Waals surface area contributed by atoms with Crippen LogP contribution in [0.25, 0.3) is 5.95 Å². The molecule has 2 rings (SSSR count). The van der Waals surface area contributed by atoms with Crippen LogP contribution in [0.1, 0.15) is 20.3 Å². The first-order valence-electron chi connectivity index (χ1n) is 6.11. The van der Waals surface area contributed by atoms with Gasteiger partial charge in [-0.3, -0.25) is 5.43 Å². The Labute approximate surface area is 111 Å². The average Bonchev–Trinajstić information content (AvgIpc) is 2.99. The van der Waals surface area contributed by atoms with Gasteiger partial charge in [-0.15, -0.1) is 0 Å². The molecule has 8 nitrogen and oxygen atoms in total. The highest BCUT2D eigenvalue weighted by Crippen LogP contribution is 2.14. The maximum atomic E-state index is 5.40. The monoisotopic (exact) mass is 262 g/mol. The lowest BCUT2D eigenvalue weighted by Gasteiger charge is -2.24. The summed E-state index contributed by atoms with van der Waals surface area (Å²) in [5.74, 6) is 6.70. The number of nitrogens with one attached hydrogen (secondary N) is 1. The van der Waals surface area contributed by atoms with Crippen molar-refractivity contribution in [2.45, 2.75) is 26.3 Å². The van der Waals surface area contributed by atoms with E-state index in [2.05, 4.69) is 39.3 Å². The Hall–Kier alpha value is -2.22. The number of hydrazine groups is 1. The summed E-state index contributed by atoms with van der Waals surface area (Å²) in [5, 5.41) is 4.10. The molecule has 2 heterocycles. The average molecular weight is 262 g/mol. The normalized spacial score (nSPS) is 12.2. The summed E-state index contributed by atoms with van der Waals surface area (Å²) in [6, 6.07) is 2.12. The lowest BCUT2D eigenvalue weighted by atomic mass is 10.2. The zero-order valence-corrected chi connectivity index (χ0v) is 11.3. The molecule has 0 fully saturated rings. The van der Waals surface area contributed by atoms with Gasteiger partial charge in [0.15, 0.2) is 0 Å². The lowest BCUT2D eigenvalue weighted by molar-refractivity contribution is 0.643. The smallest absolute Gasteiger partial charge is 0.257 e. The molecule has 0 aromatic carbocycles. The molecule has 2 aromatic heterocycles. The van der Waals surface area contributed by atoms with Crippen LogP contribution in [0.2, 0.25) is 0 Å². The maximum absolute atomic E-state index is 5.40. The van der Waals surface area contributed by atoms with E-state index in [4.69, 9.17) is 5.84 Å². The van der Waals surface area contributed by atoms with Crippen molar-refractivity contribution in [1.82, 2.24) is 24.7 Å². The Balaban J connectivity index is 2.42. The largest absolute Gasteiger partial charge is 0.341 e. The third-order valence-corrected chi connectivity index (χ3v) is 3.02. The molecule has 102 valence electrons. The van der Waals surface area contributed by atoms with E-state index in [1.165, 1.54) is 0 Å². The maximum Gasteiger partial charge on any atom is 0.257 e. The number of anilines is 2. The summed E-state index contributed by atoms with van der Waals surface area (Å²) in [4.78, 5) is 14.8. The first-order valence-corrected chi connectivity index (χ1v) is 6.11. The van der Waals surface area contributed by atoms with E-state index < -0.39 is 0 Å². The Morgan fingerprint density at radius 3 is 2.79 bits per heavy atom. The predicted molar refractivity (Wildman–Crippen MR) is 72.9 cm³/mol.